The second kappa shape index (κ2) is 31.0. The third-order valence-electron chi connectivity index (χ3n) is 7.66. The summed E-state index contributed by atoms with van der Waals surface area (Å²) in [4.78, 5) is 34.4. The van der Waals surface area contributed by atoms with Crippen LogP contribution in [0.15, 0.2) is 0 Å². The van der Waals surface area contributed by atoms with Crippen LogP contribution >= 0.6 is 7.82 Å². The predicted molar refractivity (Wildman–Crippen MR) is 175 cm³/mol. The fourth-order valence-electron chi connectivity index (χ4n) is 5.04. The van der Waals surface area contributed by atoms with Crippen LogP contribution in [0.25, 0.3) is 0 Å². The molecule has 8 nitrogen and oxygen atoms in total. The zero-order valence-electron chi connectivity index (χ0n) is 28.1. The molecule has 0 amide bonds. The van der Waals surface area contributed by atoms with Gasteiger partial charge in [-0.2, -0.15) is 0 Å². The molecule has 0 aromatic heterocycles. The van der Waals surface area contributed by atoms with E-state index in [0.717, 1.165) is 38.5 Å². The Morgan fingerprint density at radius 3 is 1.30 bits per heavy atom. The Balaban J connectivity index is 4.14. The van der Waals surface area contributed by atoms with E-state index in [0.29, 0.717) is 6.42 Å². The lowest BCUT2D eigenvalue weighted by Gasteiger charge is -2.19. The lowest BCUT2D eigenvalue weighted by molar-refractivity contribution is -0.161. The first-order valence-corrected chi connectivity index (χ1v) is 19.3. The number of phosphoric ester groups is 1. The molecule has 0 aromatic rings. The van der Waals surface area contributed by atoms with E-state index in [1.807, 2.05) is 0 Å². The molecule has 0 aromatic carbocycles. The van der Waals surface area contributed by atoms with Crippen molar-refractivity contribution in [2.24, 2.45) is 0 Å². The minimum atomic E-state index is -4.26. The first-order chi connectivity index (χ1) is 20.8. The molecule has 43 heavy (non-hydrogen) atoms. The van der Waals surface area contributed by atoms with Crippen LogP contribution in [0.4, 0.5) is 0 Å². The van der Waals surface area contributed by atoms with Crippen molar-refractivity contribution in [1.29, 1.82) is 0 Å². The van der Waals surface area contributed by atoms with Crippen molar-refractivity contribution in [1.82, 2.24) is 0 Å². The van der Waals surface area contributed by atoms with Crippen molar-refractivity contribution in [3.05, 3.63) is 0 Å². The molecule has 0 radical (unpaired) electrons. The summed E-state index contributed by atoms with van der Waals surface area (Å²) in [5, 5.41) is 0. The smallest absolute Gasteiger partial charge is 0.462 e. The molecule has 0 saturated heterocycles. The highest BCUT2D eigenvalue weighted by Crippen LogP contribution is 2.43. The summed E-state index contributed by atoms with van der Waals surface area (Å²) < 4.78 is 32.4. The van der Waals surface area contributed by atoms with Crippen LogP contribution in [0.3, 0.4) is 0 Å². The van der Waals surface area contributed by atoms with Crippen LogP contribution in [0, 0.1) is 0 Å². The molecule has 0 rings (SSSR count). The highest BCUT2D eigenvalue weighted by atomic mass is 31.2. The lowest BCUT2D eigenvalue weighted by Crippen LogP contribution is -2.29. The van der Waals surface area contributed by atoms with Gasteiger partial charge in [-0.25, -0.2) is 4.57 Å². The summed E-state index contributed by atoms with van der Waals surface area (Å²) in [5.41, 5.74) is 0. The van der Waals surface area contributed by atoms with E-state index < -0.39 is 19.9 Å². The van der Waals surface area contributed by atoms with Crippen molar-refractivity contribution in [3.8, 4) is 0 Å². The van der Waals surface area contributed by atoms with E-state index in [1.54, 1.807) is 6.92 Å². The quantitative estimate of drug-likeness (QED) is 0.0431. The lowest BCUT2D eigenvalue weighted by atomic mass is 10.0. The van der Waals surface area contributed by atoms with E-state index in [1.165, 1.54) is 109 Å². The van der Waals surface area contributed by atoms with Crippen LogP contribution in [-0.4, -0.2) is 42.8 Å². The summed E-state index contributed by atoms with van der Waals surface area (Å²) in [6.07, 6.45) is 27.3. The summed E-state index contributed by atoms with van der Waals surface area (Å²) >= 11 is 0. The number of hydrogen-bond acceptors (Lipinski definition) is 7. The van der Waals surface area contributed by atoms with E-state index >= 15 is 0 Å². The normalized spacial score (nSPS) is 13.5. The van der Waals surface area contributed by atoms with Gasteiger partial charge in [0, 0.05) is 12.8 Å². The first-order valence-electron chi connectivity index (χ1n) is 17.8. The number of phosphoric acid groups is 1. The van der Waals surface area contributed by atoms with Crippen LogP contribution in [-0.2, 0) is 32.7 Å². The first kappa shape index (κ1) is 42.0. The van der Waals surface area contributed by atoms with Gasteiger partial charge in [-0.3, -0.25) is 18.6 Å². The van der Waals surface area contributed by atoms with Gasteiger partial charge in [0.2, 0.25) is 0 Å². The number of carbonyl (C=O) groups is 2. The maximum Gasteiger partial charge on any atom is 0.472 e. The molecule has 0 aliphatic carbocycles. The molecule has 0 saturated carbocycles. The summed E-state index contributed by atoms with van der Waals surface area (Å²) in [7, 11) is -4.26. The van der Waals surface area contributed by atoms with Gasteiger partial charge in [0.05, 0.1) is 13.2 Å². The molecule has 1 N–H and O–H groups in total. The number of rotatable bonds is 33. The zero-order chi connectivity index (χ0) is 31.9. The second-order valence-corrected chi connectivity index (χ2v) is 13.4. The SMILES string of the molecule is CCCCCCCCCCCCCCCCC(=O)OC(COC(=O)CCCCCCCCCCC)COP(=O)(O)OCC. The molecule has 0 aliphatic rings. The van der Waals surface area contributed by atoms with Gasteiger partial charge in [0.25, 0.3) is 0 Å². The Morgan fingerprint density at radius 1 is 0.535 bits per heavy atom. The number of esters is 2. The molecule has 0 spiro atoms. The third kappa shape index (κ3) is 30.8. The highest BCUT2D eigenvalue weighted by Gasteiger charge is 2.25. The molecular formula is C34H67O8P. The van der Waals surface area contributed by atoms with E-state index in [-0.39, 0.29) is 32.2 Å². The van der Waals surface area contributed by atoms with Gasteiger partial charge in [-0.15, -0.1) is 0 Å². The number of ether oxygens (including phenoxy) is 2. The number of unbranched alkanes of at least 4 members (excludes halogenated alkanes) is 21. The maximum absolute atomic E-state index is 12.4. The van der Waals surface area contributed by atoms with E-state index in [4.69, 9.17) is 18.5 Å². The second-order valence-electron chi connectivity index (χ2n) is 11.9. The Hall–Kier alpha value is -0.950. The minimum Gasteiger partial charge on any atom is -0.462 e. The van der Waals surface area contributed by atoms with Crippen molar-refractivity contribution < 1.29 is 37.6 Å². The van der Waals surface area contributed by atoms with E-state index in [2.05, 4.69) is 13.8 Å². The summed E-state index contributed by atoms with van der Waals surface area (Å²) in [5.74, 6) is -0.792. The standard InChI is InChI=1S/C34H67O8P/c1-4-7-9-11-13-15-16-17-18-19-21-23-25-27-29-34(36)42-32(31-41-43(37,38)40-6-3)30-39-33(35)28-26-24-22-20-14-12-10-8-5-2/h32H,4-31H2,1-3H3,(H,37,38). The van der Waals surface area contributed by atoms with Crippen LogP contribution in [0.5, 0.6) is 0 Å². The largest absolute Gasteiger partial charge is 0.472 e. The fraction of sp³-hybridized carbons (Fsp3) is 0.941. The predicted octanol–water partition coefficient (Wildman–Crippen LogP) is 10.4. The topological polar surface area (TPSA) is 108 Å². The number of carbonyl (C=O) groups excluding carboxylic acids is 2. The Bertz CT molecular complexity index is 687. The van der Waals surface area contributed by atoms with Crippen molar-refractivity contribution in [2.45, 2.75) is 187 Å². The maximum atomic E-state index is 12.4. The Morgan fingerprint density at radius 2 is 0.907 bits per heavy atom. The van der Waals surface area contributed by atoms with Crippen molar-refractivity contribution in [2.75, 3.05) is 19.8 Å². The molecule has 9 heteroatoms. The molecule has 0 bridgehead atoms. The van der Waals surface area contributed by atoms with Gasteiger partial charge in [-0.1, -0.05) is 149 Å². The fourth-order valence-corrected chi connectivity index (χ4v) is 5.80. The van der Waals surface area contributed by atoms with Crippen molar-refractivity contribution >= 4 is 19.8 Å². The van der Waals surface area contributed by atoms with Gasteiger partial charge in [0.15, 0.2) is 6.10 Å². The average Bonchev–Trinajstić information content (AvgIpc) is 2.97. The molecule has 256 valence electrons. The monoisotopic (exact) mass is 634 g/mol. The molecule has 0 heterocycles. The third-order valence-corrected chi connectivity index (χ3v) is 8.72. The van der Waals surface area contributed by atoms with Crippen LogP contribution in [0.1, 0.15) is 181 Å². The van der Waals surface area contributed by atoms with Gasteiger partial charge < -0.3 is 14.4 Å². The van der Waals surface area contributed by atoms with Gasteiger partial charge >= 0.3 is 19.8 Å². The number of hydrogen-bond donors (Lipinski definition) is 1. The van der Waals surface area contributed by atoms with Crippen LogP contribution in [0.2, 0.25) is 0 Å². The van der Waals surface area contributed by atoms with E-state index in [9.17, 15) is 19.0 Å². The molecule has 0 fully saturated rings. The van der Waals surface area contributed by atoms with Gasteiger partial charge in [0.1, 0.15) is 6.61 Å². The molecular weight excluding hydrogens is 567 g/mol. The summed E-state index contributed by atoms with van der Waals surface area (Å²) in [6, 6.07) is 0. The Kier molecular flexibility index (Phi) is 30.4. The van der Waals surface area contributed by atoms with Crippen LogP contribution < -0.4 is 0 Å². The molecule has 2 atom stereocenters. The van der Waals surface area contributed by atoms with Crippen molar-refractivity contribution in [3.63, 3.8) is 0 Å². The zero-order valence-corrected chi connectivity index (χ0v) is 29.0. The molecule has 2 unspecified atom stereocenters. The minimum absolute atomic E-state index is 0.00504. The highest BCUT2D eigenvalue weighted by molar-refractivity contribution is 7.47. The summed E-state index contributed by atoms with van der Waals surface area (Å²) in [6.45, 7) is 5.45. The molecule has 0 aliphatic heterocycles. The Labute approximate surface area is 264 Å². The average molecular weight is 635 g/mol. The van der Waals surface area contributed by atoms with Gasteiger partial charge in [-0.05, 0) is 19.8 Å².